The molecule has 3 saturated carbocycles. The molecule has 3 fully saturated rings. The molecule has 3 aliphatic carbocycles. The average Bonchev–Trinajstić information content (AvgIpc) is 2.95. The van der Waals surface area contributed by atoms with E-state index in [0.29, 0.717) is 25.0 Å². The van der Waals surface area contributed by atoms with Crippen molar-refractivity contribution < 1.29 is 18.3 Å². The van der Waals surface area contributed by atoms with Crippen molar-refractivity contribution in [2.24, 2.45) is 23.7 Å². The molecule has 2 aromatic rings. The summed E-state index contributed by atoms with van der Waals surface area (Å²) in [6, 6.07) is 12.6. The molecule has 0 spiro atoms. The number of fused-ring (bicyclic) bond motifs is 1. The van der Waals surface area contributed by atoms with Crippen molar-refractivity contribution in [2.75, 3.05) is 13.2 Å². The van der Waals surface area contributed by atoms with Gasteiger partial charge < -0.3 is 9.47 Å². The lowest BCUT2D eigenvalue weighted by atomic mass is 9.64. The molecule has 38 heavy (non-hydrogen) atoms. The van der Waals surface area contributed by atoms with Crippen LogP contribution in [0.1, 0.15) is 101 Å². The van der Waals surface area contributed by atoms with Crippen molar-refractivity contribution in [1.29, 1.82) is 0 Å². The zero-order valence-electron chi connectivity index (χ0n) is 23.1. The molecule has 0 bridgehead atoms. The summed E-state index contributed by atoms with van der Waals surface area (Å²) in [7, 11) is 0. The lowest BCUT2D eigenvalue weighted by molar-refractivity contribution is 0.0901. The van der Waals surface area contributed by atoms with E-state index in [1.165, 1.54) is 74.6 Å². The predicted octanol–water partition coefficient (Wildman–Crippen LogP) is 9.59. The normalized spacial score (nSPS) is 29.7. The van der Waals surface area contributed by atoms with Crippen LogP contribution in [0.5, 0.6) is 11.5 Å². The molecule has 4 unspecified atom stereocenters. The van der Waals surface area contributed by atoms with E-state index in [9.17, 15) is 8.78 Å². The van der Waals surface area contributed by atoms with Crippen molar-refractivity contribution in [3.05, 3.63) is 71.3 Å². The van der Waals surface area contributed by atoms with Gasteiger partial charge in [0.1, 0.15) is 0 Å². The fourth-order valence-corrected chi connectivity index (χ4v) is 7.50. The zero-order valence-corrected chi connectivity index (χ0v) is 23.1. The first-order valence-corrected chi connectivity index (χ1v) is 15.0. The second-order valence-electron chi connectivity index (χ2n) is 11.9. The van der Waals surface area contributed by atoms with E-state index in [1.807, 2.05) is 0 Å². The minimum absolute atomic E-state index is 0.00827. The van der Waals surface area contributed by atoms with Crippen LogP contribution in [-0.2, 0) is 0 Å². The van der Waals surface area contributed by atoms with Gasteiger partial charge in [0, 0.05) is 0 Å². The Kier molecular flexibility index (Phi) is 9.07. The third-order valence-electron chi connectivity index (χ3n) is 9.62. The fourth-order valence-electron chi connectivity index (χ4n) is 7.50. The van der Waals surface area contributed by atoms with Crippen LogP contribution in [0, 0.1) is 35.3 Å². The van der Waals surface area contributed by atoms with E-state index in [4.69, 9.17) is 9.47 Å². The molecule has 0 N–H and O–H groups in total. The SMILES string of the molecule is CC=CC1CCC(c2ccc(C3CCC4CC(COc5ccc(OCC)c(F)c5F)CCC4C3)cc2)CC1. The van der Waals surface area contributed by atoms with Crippen LogP contribution in [-0.4, -0.2) is 13.2 Å². The fraction of sp³-hybridized carbons (Fsp3) is 0.588. The Morgan fingerprint density at radius 2 is 1.29 bits per heavy atom. The van der Waals surface area contributed by atoms with Crippen molar-refractivity contribution in [3.63, 3.8) is 0 Å². The summed E-state index contributed by atoms with van der Waals surface area (Å²) in [5, 5.41) is 0. The third kappa shape index (κ3) is 6.26. The first kappa shape index (κ1) is 27.2. The molecule has 0 saturated heterocycles. The number of hydrogen-bond donors (Lipinski definition) is 0. The van der Waals surface area contributed by atoms with E-state index >= 15 is 0 Å². The summed E-state index contributed by atoms with van der Waals surface area (Å²) in [5.74, 6) is 2.10. The number of allylic oxidation sites excluding steroid dienone is 2. The molecule has 4 atom stereocenters. The maximum absolute atomic E-state index is 14.4. The van der Waals surface area contributed by atoms with E-state index in [2.05, 4.69) is 43.3 Å². The zero-order chi connectivity index (χ0) is 26.5. The third-order valence-corrected chi connectivity index (χ3v) is 9.62. The molecule has 5 rings (SSSR count). The smallest absolute Gasteiger partial charge is 0.204 e. The van der Waals surface area contributed by atoms with Crippen LogP contribution in [0.3, 0.4) is 0 Å². The second-order valence-corrected chi connectivity index (χ2v) is 11.9. The van der Waals surface area contributed by atoms with Gasteiger partial charge in [0.15, 0.2) is 11.5 Å². The molecule has 2 aromatic carbocycles. The highest BCUT2D eigenvalue weighted by molar-refractivity contribution is 5.35. The van der Waals surface area contributed by atoms with E-state index < -0.39 is 11.6 Å². The minimum atomic E-state index is -0.962. The molecule has 0 amide bonds. The van der Waals surface area contributed by atoms with Crippen LogP contribution in [0.2, 0.25) is 0 Å². The van der Waals surface area contributed by atoms with E-state index in [1.54, 1.807) is 6.92 Å². The predicted molar refractivity (Wildman–Crippen MR) is 150 cm³/mol. The van der Waals surface area contributed by atoms with Gasteiger partial charge in [-0.1, -0.05) is 36.4 Å². The Balaban J connectivity index is 1.10. The minimum Gasteiger partial charge on any atom is -0.491 e. The molecule has 0 heterocycles. The molecular formula is C34H44F2O2. The van der Waals surface area contributed by atoms with Crippen LogP contribution in [0.4, 0.5) is 8.78 Å². The molecular weight excluding hydrogens is 478 g/mol. The van der Waals surface area contributed by atoms with Gasteiger partial charge in [-0.25, -0.2) is 0 Å². The van der Waals surface area contributed by atoms with Gasteiger partial charge in [0.05, 0.1) is 13.2 Å². The van der Waals surface area contributed by atoms with Gasteiger partial charge in [-0.3, -0.25) is 0 Å². The summed E-state index contributed by atoms with van der Waals surface area (Å²) in [6.07, 6.45) is 17.1. The summed E-state index contributed by atoms with van der Waals surface area (Å²) >= 11 is 0. The Hall–Kier alpha value is -2.36. The van der Waals surface area contributed by atoms with Gasteiger partial charge >= 0.3 is 0 Å². The number of ether oxygens (including phenoxy) is 2. The highest BCUT2D eigenvalue weighted by Gasteiger charge is 2.36. The molecule has 206 valence electrons. The number of benzene rings is 2. The lowest BCUT2D eigenvalue weighted by Gasteiger charge is -2.42. The lowest BCUT2D eigenvalue weighted by Crippen LogP contribution is -2.32. The standard InChI is InChI=1S/C34H44F2O2/c1-3-5-23-6-9-25(10-7-23)26-12-14-27(15-13-26)29-17-16-28-20-24(8-11-30(28)21-29)22-38-32-19-18-31(37-4-2)33(35)34(32)36/h3,5,12-15,18-19,23-25,28-30H,4,6-11,16-17,20-22H2,1-2H3. The first-order valence-electron chi connectivity index (χ1n) is 15.0. The van der Waals surface area contributed by atoms with Gasteiger partial charge in [-0.05, 0) is 137 Å². The summed E-state index contributed by atoms with van der Waals surface area (Å²) < 4.78 is 39.5. The highest BCUT2D eigenvalue weighted by atomic mass is 19.2. The van der Waals surface area contributed by atoms with Gasteiger partial charge in [-0.2, -0.15) is 8.78 Å². The number of rotatable bonds is 8. The first-order chi connectivity index (χ1) is 18.6. The van der Waals surface area contributed by atoms with E-state index in [0.717, 1.165) is 36.5 Å². The molecule has 0 radical (unpaired) electrons. The maximum atomic E-state index is 14.4. The molecule has 3 aliphatic rings. The average molecular weight is 523 g/mol. The van der Waals surface area contributed by atoms with Crippen LogP contribution in [0.15, 0.2) is 48.6 Å². The molecule has 4 heteroatoms. The Bertz CT molecular complexity index is 1070. The van der Waals surface area contributed by atoms with Crippen LogP contribution >= 0.6 is 0 Å². The van der Waals surface area contributed by atoms with E-state index in [-0.39, 0.29) is 11.5 Å². The maximum Gasteiger partial charge on any atom is 0.204 e. The number of hydrogen-bond acceptors (Lipinski definition) is 2. The van der Waals surface area contributed by atoms with Crippen molar-refractivity contribution in [2.45, 2.75) is 89.9 Å². The van der Waals surface area contributed by atoms with Crippen LogP contribution in [0.25, 0.3) is 0 Å². The topological polar surface area (TPSA) is 18.5 Å². The molecule has 0 aliphatic heterocycles. The monoisotopic (exact) mass is 522 g/mol. The summed E-state index contributed by atoms with van der Waals surface area (Å²) in [5.41, 5.74) is 3.05. The van der Waals surface area contributed by atoms with Gasteiger partial charge in [0.2, 0.25) is 11.6 Å². The molecule has 0 aromatic heterocycles. The quantitative estimate of drug-likeness (QED) is 0.321. The van der Waals surface area contributed by atoms with Gasteiger partial charge in [0.25, 0.3) is 0 Å². The van der Waals surface area contributed by atoms with Gasteiger partial charge in [-0.15, -0.1) is 0 Å². The van der Waals surface area contributed by atoms with Crippen LogP contribution < -0.4 is 9.47 Å². The highest BCUT2D eigenvalue weighted by Crippen LogP contribution is 2.48. The Labute approximate surface area is 227 Å². The Morgan fingerprint density at radius 3 is 1.95 bits per heavy atom. The molecule has 2 nitrogen and oxygen atoms in total. The van der Waals surface area contributed by atoms with Crippen molar-refractivity contribution in [3.8, 4) is 11.5 Å². The Morgan fingerprint density at radius 1 is 0.711 bits per heavy atom. The largest absolute Gasteiger partial charge is 0.491 e. The summed E-state index contributed by atoms with van der Waals surface area (Å²) in [4.78, 5) is 0. The second kappa shape index (κ2) is 12.7. The van der Waals surface area contributed by atoms with Crippen molar-refractivity contribution in [1.82, 2.24) is 0 Å². The summed E-state index contributed by atoms with van der Waals surface area (Å²) in [6.45, 7) is 4.63. The van der Waals surface area contributed by atoms with Crippen molar-refractivity contribution >= 4 is 0 Å². The number of halogens is 2.